The second-order valence-corrected chi connectivity index (χ2v) is 5.29. The van der Waals surface area contributed by atoms with Crippen LogP contribution >= 0.6 is 0 Å². The van der Waals surface area contributed by atoms with Gasteiger partial charge in [0.05, 0.1) is 6.54 Å². The summed E-state index contributed by atoms with van der Waals surface area (Å²) < 4.78 is 24.9. The quantitative estimate of drug-likeness (QED) is 0.781. The van der Waals surface area contributed by atoms with E-state index in [4.69, 9.17) is 0 Å². The van der Waals surface area contributed by atoms with Crippen molar-refractivity contribution in [3.63, 3.8) is 0 Å². The van der Waals surface area contributed by atoms with Crippen molar-refractivity contribution in [2.75, 3.05) is 33.2 Å². The Bertz CT molecular complexity index is 356. The zero-order chi connectivity index (χ0) is 14.3. The number of hydrogen-bond acceptors (Lipinski definition) is 2. The van der Waals surface area contributed by atoms with Crippen LogP contribution in [0.15, 0.2) is 30.3 Å². The molecule has 0 radical (unpaired) electrons. The van der Waals surface area contributed by atoms with Crippen molar-refractivity contribution in [1.29, 1.82) is 0 Å². The first-order valence-corrected chi connectivity index (χ1v) is 6.71. The molecule has 1 unspecified atom stereocenters. The number of benzene rings is 1. The van der Waals surface area contributed by atoms with E-state index in [2.05, 4.69) is 24.4 Å². The summed E-state index contributed by atoms with van der Waals surface area (Å²) in [7, 11) is 1.75. The van der Waals surface area contributed by atoms with Gasteiger partial charge in [-0.25, -0.2) is 8.78 Å². The van der Waals surface area contributed by atoms with Crippen molar-refractivity contribution in [2.45, 2.75) is 25.7 Å². The van der Waals surface area contributed by atoms with Crippen LogP contribution in [0, 0.1) is 0 Å². The monoisotopic (exact) mass is 270 g/mol. The number of nitrogens with zero attached hydrogens (tertiary/aromatic N) is 1. The molecule has 2 nitrogen and oxygen atoms in total. The maximum Gasteiger partial charge on any atom is 0.251 e. The van der Waals surface area contributed by atoms with Crippen molar-refractivity contribution >= 4 is 0 Å². The molecule has 1 aromatic carbocycles. The minimum atomic E-state index is -2.29. The van der Waals surface area contributed by atoms with E-state index in [1.807, 2.05) is 25.1 Å². The van der Waals surface area contributed by atoms with E-state index in [1.54, 1.807) is 11.9 Å². The maximum atomic E-state index is 12.5. The predicted octanol–water partition coefficient (Wildman–Crippen LogP) is 2.75. The summed E-state index contributed by atoms with van der Waals surface area (Å²) in [6, 6.07) is 10.1. The Labute approximate surface area is 114 Å². The molecule has 0 aromatic heterocycles. The number of alkyl halides is 2. The third-order valence-electron chi connectivity index (χ3n) is 3.30. The lowest BCUT2D eigenvalue weighted by atomic mass is 9.81. The van der Waals surface area contributed by atoms with Crippen molar-refractivity contribution in [2.24, 2.45) is 0 Å². The Morgan fingerprint density at radius 2 is 1.89 bits per heavy atom. The minimum absolute atomic E-state index is 0.166. The Morgan fingerprint density at radius 1 is 1.26 bits per heavy atom. The van der Waals surface area contributed by atoms with Crippen molar-refractivity contribution < 1.29 is 8.78 Å². The molecule has 0 amide bonds. The maximum absolute atomic E-state index is 12.5. The molecule has 1 rings (SSSR count). The molecule has 19 heavy (non-hydrogen) atoms. The molecule has 0 fully saturated rings. The molecule has 0 saturated carbocycles. The molecule has 0 aliphatic heterocycles. The van der Waals surface area contributed by atoms with Crippen LogP contribution in [0.2, 0.25) is 0 Å². The second-order valence-electron chi connectivity index (χ2n) is 5.29. The molecule has 4 heteroatoms. The fourth-order valence-electron chi connectivity index (χ4n) is 2.39. The first-order valence-electron chi connectivity index (χ1n) is 6.71. The molecule has 0 aliphatic rings. The first kappa shape index (κ1) is 16.1. The molecular weight excluding hydrogens is 246 g/mol. The summed E-state index contributed by atoms with van der Waals surface area (Å²) in [6.07, 6.45) is -2.29. The third-order valence-corrected chi connectivity index (χ3v) is 3.30. The van der Waals surface area contributed by atoms with E-state index >= 15 is 0 Å². The highest BCUT2D eigenvalue weighted by atomic mass is 19.3. The molecule has 108 valence electrons. The van der Waals surface area contributed by atoms with E-state index in [9.17, 15) is 8.78 Å². The van der Waals surface area contributed by atoms with Crippen molar-refractivity contribution in [3.8, 4) is 0 Å². The standard InChI is InChI=1S/C15H24F2N2/c1-4-18-11-15(2,12-19(3)10-14(16)17)13-8-6-5-7-9-13/h5-9,14,18H,4,10-12H2,1-3H3. The lowest BCUT2D eigenvalue weighted by Gasteiger charge is -2.34. The van der Waals surface area contributed by atoms with Crippen LogP contribution in [0.3, 0.4) is 0 Å². The lowest BCUT2D eigenvalue weighted by molar-refractivity contribution is 0.0902. The van der Waals surface area contributed by atoms with Gasteiger partial charge in [-0.15, -0.1) is 0 Å². The van der Waals surface area contributed by atoms with Crippen LogP contribution in [0.5, 0.6) is 0 Å². The van der Waals surface area contributed by atoms with Crippen LogP contribution in [0.1, 0.15) is 19.4 Å². The van der Waals surface area contributed by atoms with Crippen LogP contribution in [0.25, 0.3) is 0 Å². The van der Waals surface area contributed by atoms with E-state index in [1.165, 1.54) is 5.56 Å². The van der Waals surface area contributed by atoms with Gasteiger partial charge in [-0.1, -0.05) is 44.2 Å². The molecule has 0 saturated heterocycles. The smallest absolute Gasteiger partial charge is 0.251 e. The Morgan fingerprint density at radius 3 is 2.42 bits per heavy atom. The van der Waals surface area contributed by atoms with Gasteiger partial charge < -0.3 is 5.32 Å². The third kappa shape index (κ3) is 5.25. The number of hydrogen-bond donors (Lipinski definition) is 1. The van der Waals surface area contributed by atoms with Crippen LogP contribution in [-0.4, -0.2) is 44.6 Å². The number of nitrogens with one attached hydrogen (secondary N) is 1. The molecule has 0 heterocycles. The number of rotatable bonds is 8. The van der Waals surface area contributed by atoms with Gasteiger partial charge in [0.15, 0.2) is 0 Å². The van der Waals surface area contributed by atoms with Gasteiger partial charge in [0, 0.05) is 18.5 Å². The molecule has 0 spiro atoms. The van der Waals surface area contributed by atoms with Gasteiger partial charge in [-0.2, -0.15) is 0 Å². The van der Waals surface area contributed by atoms with E-state index in [0.717, 1.165) is 13.1 Å². The Hall–Kier alpha value is -1.00. The highest BCUT2D eigenvalue weighted by Gasteiger charge is 2.28. The van der Waals surface area contributed by atoms with Crippen LogP contribution in [0.4, 0.5) is 8.78 Å². The van der Waals surface area contributed by atoms with Gasteiger partial charge in [0.25, 0.3) is 6.43 Å². The highest BCUT2D eigenvalue weighted by Crippen LogP contribution is 2.24. The van der Waals surface area contributed by atoms with Crippen molar-refractivity contribution in [3.05, 3.63) is 35.9 Å². The topological polar surface area (TPSA) is 15.3 Å². The fraction of sp³-hybridized carbons (Fsp3) is 0.600. The van der Waals surface area contributed by atoms with Gasteiger partial charge in [0.1, 0.15) is 0 Å². The average Bonchev–Trinajstić information content (AvgIpc) is 2.36. The van der Waals surface area contributed by atoms with E-state index in [0.29, 0.717) is 6.54 Å². The zero-order valence-corrected chi connectivity index (χ0v) is 12.0. The SMILES string of the molecule is CCNCC(C)(CN(C)CC(F)F)c1ccccc1. The summed E-state index contributed by atoms with van der Waals surface area (Å²) in [4.78, 5) is 1.70. The molecule has 1 atom stereocenters. The Kier molecular flexibility index (Phi) is 6.38. The van der Waals surface area contributed by atoms with E-state index in [-0.39, 0.29) is 12.0 Å². The molecular formula is C15H24F2N2. The van der Waals surface area contributed by atoms with Crippen molar-refractivity contribution in [1.82, 2.24) is 10.2 Å². The fourth-order valence-corrected chi connectivity index (χ4v) is 2.39. The first-order chi connectivity index (χ1) is 8.98. The van der Waals surface area contributed by atoms with Crippen LogP contribution in [-0.2, 0) is 5.41 Å². The predicted molar refractivity (Wildman–Crippen MR) is 75.8 cm³/mol. The zero-order valence-electron chi connectivity index (χ0n) is 12.0. The lowest BCUT2D eigenvalue weighted by Crippen LogP contribution is -2.45. The molecule has 1 aromatic rings. The van der Waals surface area contributed by atoms with Crippen LogP contribution < -0.4 is 5.32 Å². The van der Waals surface area contributed by atoms with Gasteiger partial charge in [-0.05, 0) is 19.2 Å². The normalized spacial score (nSPS) is 14.9. The van der Waals surface area contributed by atoms with Gasteiger partial charge >= 0.3 is 0 Å². The number of likely N-dealkylation sites (N-methyl/N-ethyl adjacent to an activating group) is 2. The average molecular weight is 270 g/mol. The summed E-state index contributed by atoms with van der Waals surface area (Å²) in [5.41, 5.74) is 1.01. The summed E-state index contributed by atoms with van der Waals surface area (Å²) in [5.74, 6) is 0. The van der Waals surface area contributed by atoms with E-state index < -0.39 is 6.43 Å². The van der Waals surface area contributed by atoms with Gasteiger partial charge in [0.2, 0.25) is 0 Å². The largest absolute Gasteiger partial charge is 0.316 e. The second kappa shape index (κ2) is 7.56. The molecule has 0 bridgehead atoms. The summed E-state index contributed by atoms with van der Waals surface area (Å²) in [5, 5.41) is 3.33. The van der Waals surface area contributed by atoms with Gasteiger partial charge in [-0.3, -0.25) is 4.90 Å². The number of halogens is 2. The summed E-state index contributed by atoms with van der Waals surface area (Å²) in [6.45, 7) is 6.24. The Balaban J connectivity index is 2.81. The summed E-state index contributed by atoms with van der Waals surface area (Å²) >= 11 is 0. The molecule has 1 N–H and O–H groups in total. The molecule has 0 aliphatic carbocycles. The minimum Gasteiger partial charge on any atom is -0.316 e. The highest BCUT2D eigenvalue weighted by molar-refractivity contribution is 5.25.